The molecule has 0 spiro atoms. The van der Waals surface area contributed by atoms with Crippen LogP contribution in [0.1, 0.15) is 36.5 Å². The number of nitro benzene ring substituents is 1. The van der Waals surface area contributed by atoms with Crippen molar-refractivity contribution in [2.45, 2.75) is 45.2 Å². The van der Waals surface area contributed by atoms with Gasteiger partial charge in [-0.15, -0.1) is 0 Å². The first-order valence-corrected chi connectivity index (χ1v) is 12.5. The summed E-state index contributed by atoms with van der Waals surface area (Å²) < 4.78 is 91.9. The second kappa shape index (κ2) is 13.1. The quantitative estimate of drug-likeness (QED) is 0.197. The standard InChI is InChI=1S/C19H16F6N2O6.C8H9N/c1-3-32-16(28)12-11(9-6-5-7-10(8-9)27(30)31)13(17(29)33-4-2)15(19(23,24)25)26-14(12)18(20,21)22;1-2-4-8-6-9-5-7(8)3-1/h5-8,11,26H,3-4H2,1-2H3;1-4,9H,5-6H2. The molecule has 0 unspecified atom stereocenters. The lowest BCUT2D eigenvalue weighted by molar-refractivity contribution is -0.384. The molecular weight excluding hydrogens is 576 g/mol. The number of ether oxygens (including phenoxy) is 2. The number of carbonyl (C=O) groups excluding carboxylic acids is 2. The van der Waals surface area contributed by atoms with Gasteiger partial charge in [-0.3, -0.25) is 10.1 Å². The summed E-state index contributed by atoms with van der Waals surface area (Å²) >= 11 is 0. The number of carbonyl (C=O) groups is 2. The molecule has 2 aliphatic heterocycles. The normalized spacial score (nSPS) is 15.3. The fourth-order valence-corrected chi connectivity index (χ4v) is 4.38. The van der Waals surface area contributed by atoms with Gasteiger partial charge in [-0.25, -0.2) is 9.59 Å². The molecule has 0 bridgehead atoms. The van der Waals surface area contributed by atoms with E-state index in [0.29, 0.717) is 6.07 Å². The third kappa shape index (κ3) is 7.26. The second-order valence-corrected chi connectivity index (χ2v) is 8.80. The smallest absolute Gasteiger partial charge is 0.431 e. The highest BCUT2D eigenvalue weighted by atomic mass is 19.4. The minimum atomic E-state index is -5.52. The maximum absolute atomic E-state index is 13.8. The number of allylic oxidation sites excluding steroid dienone is 2. The first-order valence-electron chi connectivity index (χ1n) is 12.5. The van der Waals surface area contributed by atoms with Crippen molar-refractivity contribution in [2.24, 2.45) is 0 Å². The summed E-state index contributed by atoms with van der Waals surface area (Å²) in [4.78, 5) is 35.3. The average Bonchev–Trinajstić information content (AvgIpc) is 3.40. The average molecular weight is 602 g/mol. The van der Waals surface area contributed by atoms with Gasteiger partial charge in [-0.2, -0.15) is 26.3 Å². The van der Waals surface area contributed by atoms with Crippen molar-refractivity contribution in [1.82, 2.24) is 10.6 Å². The molecule has 2 aromatic rings. The Labute approximate surface area is 235 Å². The van der Waals surface area contributed by atoms with Gasteiger partial charge in [0.2, 0.25) is 0 Å². The van der Waals surface area contributed by atoms with Crippen molar-refractivity contribution in [3.63, 3.8) is 0 Å². The number of alkyl halides is 6. The Bertz CT molecular complexity index is 1340. The van der Waals surface area contributed by atoms with Crippen LogP contribution in [0, 0.1) is 10.1 Å². The van der Waals surface area contributed by atoms with Gasteiger partial charge >= 0.3 is 24.3 Å². The Balaban J connectivity index is 0.000000449. The summed E-state index contributed by atoms with van der Waals surface area (Å²) in [6.07, 6.45) is -11.0. The Kier molecular flexibility index (Phi) is 9.99. The number of fused-ring (bicyclic) bond motifs is 1. The van der Waals surface area contributed by atoms with Crippen LogP contribution in [0.15, 0.2) is 71.1 Å². The van der Waals surface area contributed by atoms with Crippen LogP contribution in [0.4, 0.5) is 32.0 Å². The van der Waals surface area contributed by atoms with Gasteiger partial charge in [-0.05, 0) is 30.5 Å². The molecule has 0 saturated heterocycles. The number of nitro groups is 1. The van der Waals surface area contributed by atoms with E-state index < -0.39 is 82.1 Å². The molecule has 0 amide bonds. The molecule has 2 aliphatic rings. The van der Waals surface area contributed by atoms with Crippen molar-refractivity contribution in [2.75, 3.05) is 13.2 Å². The van der Waals surface area contributed by atoms with Crippen LogP contribution in [0.3, 0.4) is 0 Å². The second-order valence-electron chi connectivity index (χ2n) is 8.80. The maximum atomic E-state index is 13.8. The zero-order chi connectivity index (χ0) is 31.2. The summed E-state index contributed by atoms with van der Waals surface area (Å²) in [5.74, 6) is -5.67. The minimum Gasteiger partial charge on any atom is -0.463 e. The summed E-state index contributed by atoms with van der Waals surface area (Å²) in [6, 6.07) is 12.1. The number of nitrogens with one attached hydrogen (secondary N) is 2. The number of nitrogens with zero attached hydrogens (tertiary/aromatic N) is 1. The number of benzene rings is 2. The Morgan fingerprint density at radius 3 is 1.74 bits per heavy atom. The number of rotatable bonds is 6. The number of hydrogen-bond donors (Lipinski definition) is 2. The number of non-ortho nitro benzene ring substituents is 1. The highest BCUT2D eigenvalue weighted by Gasteiger charge is 2.53. The van der Waals surface area contributed by atoms with Gasteiger partial charge in [0.05, 0.1) is 35.2 Å². The Morgan fingerprint density at radius 1 is 0.857 bits per heavy atom. The van der Waals surface area contributed by atoms with Gasteiger partial charge in [0.25, 0.3) is 5.69 Å². The van der Waals surface area contributed by atoms with Crippen LogP contribution in [-0.2, 0) is 32.2 Å². The molecule has 42 heavy (non-hydrogen) atoms. The van der Waals surface area contributed by atoms with E-state index in [2.05, 4.69) is 39.1 Å². The van der Waals surface area contributed by atoms with E-state index in [1.165, 1.54) is 25.0 Å². The first kappa shape index (κ1) is 32.1. The lowest BCUT2D eigenvalue weighted by atomic mass is 9.79. The van der Waals surface area contributed by atoms with Crippen LogP contribution < -0.4 is 10.6 Å². The van der Waals surface area contributed by atoms with Crippen LogP contribution in [0.25, 0.3) is 0 Å². The molecule has 0 aromatic heterocycles. The van der Waals surface area contributed by atoms with E-state index in [1.54, 1.807) is 0 Å². The molecule has 0 saturated carbocycles. The van der Waals surface area contributed by atoms with E-state index in [0.717, 1.165) is 36.6 Å². The molecule has 9 nitrogen and oxygen atoms in total. The molecule has 0 atom stereocenters. The zero-order valence-electron chi connectivity index (χ0n) is 22.2. The van der Waals surface area contributed by atoms with E-state index >= 15 is 0 Å². The van der Waals surface area contributed by atoms with Crippen molar-refractivity contribution in [3.05, 3.63) is 97.9 Å². The van der Waals surface area contributed by atoms with Crippen molar-refractivity contribution < 1.29 is 50.3 Å². The highest BCUT2D eigenvalue weighted by Crippen LogP contribution is 2.47. The number of dihydropyridines is 1. The van der Waals surface area contributed by atoms with Gasteiger partial charge < -0.3 is 20.1 Å². The van der Waals surface area contributed by atoms with Gasteiger partial charge in [0.15, 0.2) is 0 Å². The number of esters is 2. The Hall–Kier alpha value is -4.40. The molecule has 0 radical (unpaired) electrons. The largest absolute Gasteiger partial charge is 0.463 e. The molecule has 226 valence electrons. The maximum Gasteiger partial charge on any atom is 0.431 e. The number of hydrogen-bond acceptors (Lipinski definition) is 8. The third-order valence-electron chi connectivity index (χ3n) is 6.09. The predicted molar refractivity (Wildman–Crippen MR) is 135 cm³/mol. The molecular formula is C27H25F6N3O6. The monoisotopic (exact) mass is 601 g/mol. The topological polar surface area (TPSA) is 120 Å². The fraction of sp³-hybridized carbons (Fsp3) is 0.333. The van der Waals surface area contributed by atoms with Gasteiger partial charge in [0.1, 0.15) is 11.4 Å². The predicted octanol–water partition coefficient (Wildman–Crippen LogP) is 5.33. The van der Waals surface area contributed by atoms with Crippen molar-refractivity contribution in [1.29, 1.82) is 0 Å². The molecule has 2 heterocycles. The van der Waals surface area contributed by atoms with Crippen LogP contribution in [-0.4, -0.2) is 42.4 Å². The molecule has 0 fully saturated rings. The minimum absolute atomic E-state index is 0.445. The van der Waals surface area contributed by atoms with E-state index in [1.807, 2.05) is 0 Å². The van der Waals surface area contributed by atoms with E-state index in [9.17, 15) is 46.0 Å². The first-order chi connectivity index (χ1) is 19.7. The lowest BCUT2D eigenvalue weighted by Crippen LogP contribution is -2.43. The third-order valence-corrected chi connectivity index (χ3v) is 6.09. The summed E-state index contributed by atoms with van der Waals surface area (Å²) in [7, 11) is 0. The number of halogens is 6. The molecule has 4 rings (SSSR count). The van der Waals surface area contributed by atoms with Gasteiger partial charge in [0, 0.05) is 25.2 Å². The highest BCUT2D eigenvalue weighted by molar-refractivity contribution is 6.00. The molecule has 0 aliphatic carbocycles. The molecule has 15 heteroatoms. The summed E-state index contributed by atoms with van der Waals surface area (Å²) in [6.45, 7) is 3.70. The van der Waals surface area contributed by atoms with E-state index in [-0.39, 0.29) is 0 Å². The molecule has 2 N–H and O–H groups in total. The zero-order valence-corrected chi connectivity index (χ0v) is 22.2. The SMILES string of the molecule is CCOC(=O)C1=C(C(F)(F)F)NC(C(F)(F)F)=C(C(=O)OCC)C1c1cccc([N+](=O)[O-])c1.c1ccc2c(c1)CNC2. The van der Waals surface area contributed by atoms with Gasteiger partial charge in [-0.1, -0.05) is 36.4 Å². The van der Waals surface area contributed by atoms with Crippen LogP contribution in [0.5, 0.6) is 0 Å². The fourth-order valence-electron chi connectivity index (χ4n) is 4.38. The van der Waals surface area contributed by atoms with Crippen molar-refractivity contribution in [3.8, 4) is 0 Å². The Morgan fingerprint density at radius 2 is 1.33 bits per heavy atom. The van der Waals surface area contributed by atoms with Crippen molar-refractivity contribution >= 4 is 17.6 Å². The van der Waals surface area contributed by atoms with E-state index in [4.69, 9.17) is 0 Å². The summed E-state index contributed by atoms with van der Waals surface area (Å²) in [5.41, 5.74) is -5.31. The molecule has 2 aromatic carbocycles. The van der Waals surface area contributed by atoms with Crippen LogP contribution in [0.2, 0.25) is 0 Å². The van der Waals surface area contributed by atoms with Crippen LogP contribution >= 0.6 is 0 Å². The summed E-state index contributed by atoms with van der Waals surface area (Å²) in [5, 5.41) is 15.6. The lowest BCUT2D eigenvalue weighted by Gasteiger charge is -2.33.